The molecule has 0 saturated carbocycles. The highest BCUT2D eigenvalue weighted by atomic mass is 15.0. The van der Waals surface area contributed by atoms with E-state index < -0.39 is 5.41 Å². The zero-order valence-electron chi connectivity index (χ0n) is 31.0. The number of benzene rings is 9. The molecule has 2 aliphatic carbocycles. The molecular formula is C55H34N2. The highest BCUT2D eigenvalue weighted by Gasteiger charge is 2.51. The van der Waals surface area contributed by atoms with Gasteiger partial charge in [0.1, 0.15) is 0 Å². The Bertz CT molecular complexity index is 3410. The van der Waals surface area contributed by atoms with Crippen molar-refractivity contribution in [1.29, 1.82) is 0 Å². The summed E-state index contributed by atoms with van der Waals surface area (Å²) in [4.78, 5) is 0. The van der Waals surface area contributed by atoms with Crippen LogP contribution in [0.1, 0.15) is 22.3 Å². The molecule has 11 aromatic rings. The Morgan fingerprint density at radius 1 is 0.333 bits per heavy atom. The number of rotatable bonds is 3. The third-order valence-corrected chi connectivity index (χ3v) is 12.9. The normalized spacial score (nSPS) is 13.4. The molecule has 0 saturated heterocycles. The number of hydrogen-bond acceptors (Lipinski definition) is 0. The summed E-state index contributed by atoms with van der Waals surface area (Å²) in [6.07, 6.45) is 2.18. The SMILES string of the molecule is c1ccc(-n2ccc3cc(-c4cc5c6ccccc6n(-c6ccc7c(c6)C6(c8ccccc8-c8ccccc86)c6ccccc6-7)c5c5ccccc45)ccc32)cc1. The van der Waals surface area contributed by atoms with Crippen molar-refractivity contribution < 1.29 is 0 Å². The summed E-state index contributed by atoms with van der Waals surface area (Å²) in [5, 5.41) is 6.24. The van der Waals surface area contributed by atoms with Crippen LogP contribution in [0.2, 0.25) is 0 Å². The lowest BCUT2D eigenvalue weighted by atomic mass is 9.70. The molecular weight excluding hydrogens is 689 g/mol. The first kappa shape index (κ1) is 30.9. The lowest BCUT2D eigenvalue weighted by Crippen LogP contribution is -2.26. The van der Waals surface area contributed by atoms with E-state index in [0.29, 0.717) is 0 Å². The maximum absolute atomic E-state index is 2.53. The number of aromatic nitrogens is 2. The number of hydrogen-bond donors (Lipinski definition) is 0. The van der Waals surface area contributed by atoms with Crippen LogP contribution in [-0.2, 0) is 5.41 Å². The van der Waals surface area contributed by atoms with Gasteiger partial charge >= 0.3 is 0 Å². The molecule has 0 aliphatic heterocycles. The van der Waals surface area contributed by atoms with Gasteiger partial charge in [-0.05, 0) is 116 Å². The average Bonchev–Trinajstić information content (AvgIpc) is 4.02. The summed E-state index contributed by atoms with van der Waals surface area (Å²) in [6, 6.07) is 74.6. The number of fused-ring (bicyclic) bond motifs is 16. The van der Waals surface area contributed by atoms with E-state index in [4.69, 9.17) is 0 Å². The molecule has 13 rings (SSSR count). The molecule has 0 unspecified atom stereocenters. The van der Waals surface area contributed by atoms with Crippen LogP contribution in [0, 0.1) is 0 Å². The van der Waals surface area contributed by atoms with Crippen LogP contribution in [0.4, 0.5) is 0 Å². The Labute approximate surface area is 330 Å². The van der Waals surface area contributed by atoms with Crippen molar-refractivity contribution in [2.24, 2.45) is 0 Å². The van der Waals surface area contributed by atoms with Gasteiger partial charge in [-0.3, -0.25) is 0 Å². The zero-order chi connectivity index (χ0) is 37.2. The van der Waals surface area contributed by atoms with Gasteiger partial charge in [0.2, 0.25) is 0 Å². The molecule has 2 aromatic heterocycles. The third kappa shape index (κ3) is 3.99. The van der Waals surface area contributed by atoms with E-state index in [-0.39, 0.29) is 0 Å². The second kappa shape index (κ2) is 11.3. The fourth-order valence-corrected chi connectivity index (χ4v) is 10.7. The predicted octanol–water partition coefficient (Wildman–Crippen LogP) is 13.9. The molecule has 2 heterocycles. The van der Waals surface area contributed by atoms with E-state index >= 15 is 0 Å². The minimum absolute atomic E-state index is 0.402. The van der Waals surface area contributed by atoms with E-state index in [2.05, 4.69) is 216 Å². The molecule has 0 bridgehead atoms. The summed E-state index contributed by atoms with van der Waals surface area (Å²) in [5.74, 6) is 0. The predicted molar refractivity (Wildman–Crippen MR) is 237 cm³/mol. The highest BCUT2D eigenvalue weighted by Crippen LogP contribution is 2.63. The van der Waals surface area contributed by atoms with Gasteiger partial charge in [-0.2, -0.15) is 0 Å². The van der Waals surface area contributed by atoms with Crippen LogP contribution in [0.5, 0.6) is 0 Å². The van der Waals surface area contributed by atoms with Crippen LogP contribution in [0.25, 0.3) is 88.2 Å². The standard InChI is InChI=1S/C55H34N2/c1-2-14-37(15-3-1)56-31-30-36-32-35(26-29-52(36)56)46-34-47-44-20-9-13-25-53(44)57(54(47)45-21-5-4-16-39(45)46)38-27-28-43-42-19-8-12-24-50(42)55(51(43)33-38)48-22-10-6-17-40(48)41-18-7-11-23-49(41)55/h1-34H. The molecule has 2 nitrogen and oxygen atoms in total. The third-order valence-electron chi connectivity index (χ3n) is 12.9. The average molecular weight is 723 g/mol. The first-order valence-corrected chi connectivity index (χ1v) is 19.8. The first-order chi connectivity index (χ1) is 28.3. The van der Waals surface area contributed by atoms with Crippen LogP contribution in [-0.4, -0.2) is 9.13 Å². The van der Waals surface area contributed by atoms with Gasteiger partial charge in [-0.1, -0.05) is 146 Å². The Hall–Kier alpha value is -7.42. The number of para-hydroxylation sites is 2. The molecule has 264 valence electrons. The largest absolute Gasteiger partial charge is 0.317 e. The second-order valence-electron chi connectivity index (χ2n) is 15.6. The van der Waals surface area contributed by atoms with Crippen molar-refractivity contribution in [1.82, 2.24) is 9.13 Å². The van der Waals surface area contributed by atoms with Crippen molar-refractivity contribution in [3.05, 3.63) is 229 Å². The Kier molecular flexibility index (Phi) is 6.13. The quantitative estimate of drug-likeness (QED) is 0.172. The Morgan fingerprint density at radius 3 is 1.65 bits per heavy atom. The monoisotopic (exact) mass is 722 g/mol. The minimum Gasteiger partial charge on any atom is -0.317 e. The van der Waals surface area contributed by atoms with Crippen molar-refractivity contribution in [3.63, 3.8) is 0 Å². The summed E-state index contributed by atoms with van der Waals surface area (Å²) in [7, 11) is 0. The Morgan fingerprint density at radius 2 is 0.930 bits per heavy atom. The molecule has 0 amide bonds. The highest BCUT2D eigenvalue weighted by molar-refractivity contribution is 6.22. The lowest BCUT2D eigenvalue weighted by Gasteiger charge is -2.30. The molecule has 2 aliphatic rings. The van der Waals surface area contributed by atoms with E-state index in [1.165, 1.54) is 110 Å². The van der Waals surface area contributed by atoms with E-state index in [1.54, 1.807) is 0 Å². The molecule has 0 atom stereocenters. The molecule has 9 aromatic carbocycles. The smallest absolute Gasteiger partial charge is 0.0726 e. The first-order valence-electron chi connectivity index (χ1n) is 19.8. The fourth-order valence-electron chi connectivity index (χ4n) is 10.7. The molecule has 0 radical (unpaired) electrons. The topological polar surface area (TPSA) is 9.86 Å². The van der Waals surface area contributed by atoms with Gasteiger partial charge in [-0.15, -0.1) is 0 Å². The molecule has 0 fully saturated rings. The van der Waals surface area contributed by atoms with Crippen LogP contribution in [0.3, 0.4) is 0 Å². The minimum atomic E-state index is -0.402. The van der Waals surface area contributed by atoms with Gasteiger partial charge < -0.3 is 9.13 Å². The molecule has 57 heavy (non-hydrogen) atoms. The van der Waals surface area contributed by atoms with Crippen molar-refractivity contribution >= 4 is 43.5 Å². The maximum atomic E-state index is 2.53. The van der Waals surface area contributed by atoms with Crippen molar-refractivity contribution in [2.75, 3.05) is 0 Å². The van der Waals surface area contributed by atoms with Gasteiger partial charge in [0.05, 0.1) is 22.0 Å². The maximum Gasteiger partial charge on any atom is 0.0726 e. The van der Waals surface area contributed by atoms with Gasteiger partial charge in [0.15, 0.2) is 0 Å². The summed E-state index contributed by atoms with van der Waals surface area (Å²) in [6.45, 7) is 0. The summed E-state index contributed by atoms with van der Waals surface area (Å²) >= 11 is 0. The van der Waals surface area contributed by atoms with Crippen molar-refractivity contribution in [2.45, 2.75) is 5.41 Å². The molecule has 1 spiro atoms. The summed E-state index contributed by atoms with van der Waals surface area (Å²) in [5.41, 5.74) is 18.8. The van der Waals surface area contributed by atoms with Crippen LogP contribution < -0.4 is 0 Å². The Balaban J connectivity index is 1.07. The van der Waals surface area contributed by atoms with Gasteiger partial charge in [-0.25, -0.2) is 0 Å². The van der Waals surface area contributed by atoms with E-state index in [0.717, 1.165) is 0 Å². The zero-order valence-corrected chi connectivity index (χ0v) is 31.0. The molecule has 0 N–H and O–H groups in total. The molecule has 2 heteroatoms. The second-order valence-corrected chi connectivity index (χ2v) is 15.6. The van der Waals surface area contributed by atoms with Crippen LogP contribution in [0.15, 0.2) is 206 Å². The summed E-state index contributed by atoms with van der Waals surface area (Å²) < 4.78 is 4.81. The van der Waals surface area contributed by atoms with E-state index in [1.807, 2.05) is 0 Å². The number of nitrogens with zero attached hydrogens (tertiary/aromatic N) is 2. The van der Waals surface area contributed by atoms with Gasteiger partial charge in [0, 0.05) is 39.1 Å². The lowest BCUT2D eigenvalue weighted by molar-refractivity contribution is 0.792. The van der Waals surface area contributed by atoms with E-state index in [9.17, 15) is 0 Å². The van der Waals surface area contributed by atoms with Crippen LogP contribution >= 0.6 is 0 Å². The van der Waals surface area contributed by atoms with Crippen molar-refractivity contribution in [3.8, 4) is 44.8 Å². The fraction of sp³-hybridized carbons (Fsp3) is 0.0182. The van der Waals surface area contributed by atoms with Gasteiger partial charge in [0.25, 0.3) is 0 Å².